The van der Waals surface area contributed by atoms with Gasteiger partial charge in [0.1, 0.15) is 12.2 Å². The van der Waals surface area contributed by atoms with Crippen LogP contribution in [0.2, 0.25) is 0 Å². The summed E-state index contributed by atoms with van der Waals surface area (Å²) >= 11 is 0. The van der Waals surface area contributed by atoms with Gasteiger partial charge in [0.15, 0.2) is 5.79 Å². The van der Waals surface area contributed by atoms with Crippen LogP contribution in [0.25, 0.3) is 0 Å². The molecule has 0 aromatic heterocycles. The first-order valence-electron chi connectivity index (χ1n) is 7.27. The lowest BCUT2D eigenvalue weighted by atomic mass is 9.94. The molecule has 3 rings (SSSR count). The summed E-state index contributed by atoms with van der Waals surface area (Å²) in [7, 11) is 0. The molecule has 2 aliphatic rings. The Bertz CT molecular complexity index is 407. The van der Waals surface area contributed by atoms with Gasteiger partial charge in [0.25, 0.3) is 0 Å². The normalized spacial score (nSPS) is 27.4. The zero-order chi connectivity index (χ0) is 14.0. The van der Waals surface area contributed by atoms with Crippen LogP contribution in [0, 0.1) is 5.92 Å². The maximum Gasteiger partial charge on any atom is 0.197 e. The van der Waals surface area contributed by atoms with Crippen molar-refractivity contribution in [2.24, 2.45) is 5.92 Å². The van der Waals surface area contributed by atoms with Crippen molar-refractivity contribution in [3.63, 3.8) is 0 Å². The molecule has 1 aromatic carbocycles. The SMILES string of the molecule is CC(C)C(OCC1CO1)(OCC1CO1)c1ccccc1. The van der Waals surface area contributed by atoms with Crippen LogP contribution >= 0.6 is 0 Å². The number of epoxide rings is 2. The predicted octanol–water partition coefficient (Wildman–Crippen LogP) is 2.33. The zero-order valence-corrected chi connectivity index (χ0v) is 12.1. The van der Waals surface area contributed by atoms with Crippen molar-refractivity contribution >= 4 is 0 Å². The summed E-state index contributed by atoms with van der Waals surface area (Å²) in [6, 6.07) is 10.1. The molecule has 2 aliphatic heterocycles. The second-order valence-corrected chi connectivity index (χ2v) is 5.72. The van der Waals surface area contributed by atoms with Crippen LogP contribution < -0.4 is 0 Å². The Hall–Kier alpha value is -0.940. The minimum Gasteiger partial charge on any atom is -0.371 e. The van der Waals surface area contributed by atoms with E-state index in [0.717, 1.165) is 18.8 Å². The van der Waals surface area contributed by atoms with E-state index in [4.69, 9.17) is 18.9 Å². The first-order chi connectivity index (χ1) is 9.71. The summed E-state index contributed by atoms with van der Waals surface area (Å²) in [4.78, 5) is 0. The molecule has 0 N–H and O–H groups in total. The van der Waals surface area contributed by atoms with Gasteiger partial charge in [-0.3, -0.25) is 0 Å². The number of benzene rings is 1. The van der Waals surface area contributed by atoms with E-state index in [-0.39, 0.29) is 18.1 Å². The maximum atomic E-state index is 6.18. The molecule has 0 radical (unpaired) electrons. The molecule has 2 heterocycles. The summed E-state index contributed by atoms with van der Waals surface area (Å²) in [6.45, 7) is 6.95. The Morgan fingerprint density at radius 1 is 1.05 bits per heavy atom. The summed E-state index contributed by atoms with van der Waals surface area (Å²) in [5, 5.41) is 0. The number of hydrogen-bond donors (Lipinski definition) is 0. The topological polar surface area (TPSA) is 43.5 Å². The smallest absolute Gasteiger partial charge is 0.197 e. The third-order valence-corrected chi connectivity index (χ3v) is 3.71. The van der Waals surface area contributed by atoms with Crippen molar-refractivity contribution in [3.05, 3.63) is 35.9 Å². The van der Waals surface area contributed by atoms with Crippen molar-refractivity contribution in [2.75, 3.05) is 26.4 Å². The standard InChI is InChI=1S/C16H22O4/c1-12(2)16(19-10-14-8-17-14,20-11-15-9-18-15)13-6-4-3-5-7-13/h3-7,12,14-15H,8-11H2,1-2H3. The number of hydrogen-bond acceptors (Lipinski definition) is 4. The van der Waals surface area contributed by atoms with Crippen molar-refractivity contribution in [1.29, 1.82) is 0 Å². The molecule has 2 fully saturated rings. The molecule has 20 heavy (non-hydrogen) atoms. The molecule has 0 spiro atoms. The summed E-state index contributed by atoms with van der Waals surface area (Å²) < 4.78 is 22.9. The third-order valence-electron chi connectivity index (χ3n) is 3.71. The van der Waals surface area contributed by atoms with E-state index in [1.807, 2.05) is 18.2 Å². The molecule has 0 aliphatic carbocycles. The highest BCUT2D eigenvalue weighted by Crippen LogP contribution is 2.37. The monoisotopic (exact) mass is 278 g/mol. The van der Waals surface area contributed by atoms with E-state index in [2.05, 4.69) is 26.0 Å². The summed E-state index contributed by atoms with van der Waals surface area (Å²) in [5.41, 5.74) is 1.05. The van der Waals surface area contributed by atoms with Gasteiger partial charge in [-0.15, -0.1) is 0 Å². The first kappa shape index (κ1) is 14.0. The Morgan fingerprint density at radius 2 is 1.55 bits per heavy atom. The molecule has 0 bridgehead atoms. The van der Waals surface area contributed by atoms with Gasteiger partial charge in [0.2, 0.25) is 0 Å². The fourth-order valence-electron chi connectivity index (χ4n) is 2.31. The van der Waals surface area contributed by atoms with Crippen LogP contribution in [-0.2, 0) is 24.7 Å². The summed E-state index contributed by atoms with van der Waals surface area (Å²) in [5.74, 6) is -0.526. The maximum absolute atomic E-state index is 6.18. The quantitative estimate of drug-likeness (QED) is 0.541. The summed E-state index contributed by atoms with van der Waals surface area (Å²) in [6.07, 6.45) is 0.440. The lowest BCUT2D eigenvalue weighted by Crippen LogP contribution is -2.40. The van der Waals surface area contributed by atoms with Gasteiger partial charge in [-0.1, -0.05) is 44.2 Å². The van der Waals surface area contributed by atoms with E-state index in [1.165, 1.54) is 0 Å². The van der Waals surface area contributed by atoms with Crippen LogP contribution in [0.3, 0.4) is 0 Å². The third kappa shape index (κ3) is 3.20. The highest BCUT2D eigenvalue weighted by Gasteiger charge is 2.41. The van der Waals surface area contributed by atoms with Crippen LogP contribution in [0.15, 0.2) is 30.3 Å². The van der Waals surface area contributed by atoms with Crippen LogP contribution in [0.1, 0.15) is 19.4 Å². The lowest BCUT2D eigenvalue weighted by Gasteiger charge is -2.37. The second-order valence-electron chi connectivity index (χ2n) is 5.72. The highest BCUT2D eigenvalue weighted by molar-refractivity contribution is 5.21. The lowest BCUT2D eigenvalue weighted by molar-refractivity contribution is -0.275. The Balaban J connectivity index is 1.79. The largest absolute Gasteiger partial charge is 0.371 e. The second kappa shape index (κ2) is 5.82. The van der Waals surface area contributed by atoms with Crippen LogP contribution in [0.4, 0.5) is 0 Å². The average molecular weight is 278 g/mol. The van der Waals surface area contributed by atoms with Gasteiger partial charge < -0.3 is 18.9 Å². The molecule has 0 amide bonds. The van der Waals surface area contributed by atoms with Gasteiger partial charge in [0, 0.05) is 11.5 Å². The Kier molecular flexibility index (Phi) is 4.08. The minimum atomic E-state index is -0.723. The van der Waals surface area contributed by atoms with Crippen molar-refractivity contribution in [1.82, 2.24) is 0 Å². The van der Waals surface area contributed by atoms with E-state index < -0.39 is 5.79 Å². The number of ether oxygens (including phenoxy) is 4. The molecule has 2 unspecified atom stereocenters. The van der Waals surface area contributed by atoms with Crippen molar-refractivity contribution in [2.45, 2.75) is 31.8 Å². The molecule has 1 aromatic rings. The van der Waals surface area contributed by atoms with Gasteiger partial charge >= 0.3 is 0 Å². The molecule has 4 heteroatoms. The fraction of sp³-hybridized carbons (Fsp3) is 0.625. The van der Waals surface area contributed by atoms with Crippen molar-refractivity contribution < 1.29 is 18.9 Å². The van der Waals surface area contributed by atoms with E-state index in [0.29, 0.717) is 13.2 Å². The van der Waals surface area contributed by atoms with Crippen LogP contribution in [-0.4, -0.2) is 38.6 Å². The molecule has 110 valence electrons. The number of rotatable bonds is 8. The van der Waals surface area contributed by atoms with Gasteiger partial charge in [-0.25, -0.2) is 0 Å². The van der Waals surface area contributed by atoms with Gasteiger partial charge in [0.05, 0.1) is 26.4 Å². The molecular weight excluding hydrogens is 256 g/mol. The van der Waals surface area contributed by atoms with Crippen LogP contribution in [0.5, 0.6) is 0 Å². The molecule has 2 saturated heterocycles. The average Bonchev–Trinajstić information content (AvgIpc) is 3.34. The molecule has 2 atom stereocenters. The van der Waals surface area contributed by atoms with Gasteiger partial charge in [-0.05, 0) is 0 Å². The highest BCUT2D eigenvalue weighted by atomic mass is 16.7. The fourth-order valence-corrected chi connectivity index (χ4v) is 2.31. The molecule has 4 nitrogen and oxygen atoms in total. The van der Waals surface area contributed by atoms with E-state index in [1.54, 1.807) is 0 Å². The predicted molar refractivity (Wildman–Crippen MR) is 74.3 cm³/mol. The zero-order valence-electron chi connectivity index (χ0n) is 12.1. The van der Waals surface area contributed by atoms with E-state index >= 15 is 0 Å². The van der Waals surface area contributed by atoms with Gasteiger partial charge in [-0.2, -0.15) is 0 Å². The molecular formula is C16H22O4. The van der Waals surface area contributed by atoms with Crippen molar-refractivity contribution in [3.8, 4) is 0 Å². The van der Waals surface area contributed by atoms with E-state index in [9.17, 15) is 0 Å². The Morgan fingerprint density at radius 3 is 1.95 bits per heavy atom. The minimum absolute atomic E-state index is 0.197. The Labute approximate surface area is 120 Å². The molecule has 0 saturated carbocycles. The first-order valence-corrected chi connectivity index (χ1v) is 7.27.